The molecule has 0 spiro atoms. The predicted octanol–water partition coefficient (Wildman–Crippen LogP) is 1.44. The molecule has 3 aromatic rings. The van der Waals surface area contributed by atoms with Gasteiger partial charge < -0.3 is 9.52 Å². The average molecular weight is 286 g/mol. The summed E-state index contributed by atoms with van der Waals surface area (Å²) in [5.74, 6) is 5.00. The van der Waals surface area contributed by atoms with Gasteiger partial charge in [-0.2, -0.15) is 0 Å². The van der Waals surface area contributed by atoms with E-state index in [-0.39, 0.29) is 6.61 Å². The van der Waals surface area contributed by atoms with Gasteiger partial charge in [-0.1, -0.05) is 11.8 Å². The van der Waals surface area contributed by atoms with Gasteiger partial charge in [-0.15, -0.1) is 11.3 Å². The molecule has 0 fully saturated rings. The second kappa shape index (κ2) is 5.33. The first-order chi connectivity index (χ1) is 9.78. The third-order valence-corrected chi connectivity index (χ3v) is 3.63. The number of oxazole rings is 1. The molecule has 0 bridgehead atoms. The second-order valence-electron chi connectivity index (χ2n) is 4.04. The maximum Gasteiger partial charge on any atom is 0.421 e. The zero-order chi connectivity index (χ0) is 13.9. The van der Waals surface area contributed by atoms with E-state index in [2.05, 4.69) is 16.8 Å². The molecular formula is C14H10N2O3S. The summed E-state index contributed by atoms with van der Waals surface area (Å²) < 4.78 is 6.62. The molecule has 0 amide bonds. The normalized spacial score (nSPS) is 10.4. The summed E-state index contributed by atoms with van der Waals surface area (Å²) in [5.41, 5.74) is 1.84. The molecule has 20 heavy (non-hydrogen) atoms. The van der Waals surface area contributed by atoms with Gasteiger partial charge in [0.05, 0.1) is 6.54 Å². The minimum absolute atomic E-state index is 0.166. The van der Waals surface area contributed by atoms with Crippen LogP contribution in [-0.4, -0.2) is 21.3 Å². The first-order valence-electron chi connectivity index (χ1n) is 5.89. The maximum absolute atomic E-state index is 11.8. The number of aliphatic hydroxyl groups is 1. The molecule has 100 valence electrons. The molecule has 0 unspecified atom stereocenters. The summed E-state index contributed by atoms with van der Waals surface area (Å²) >= 11 is 1.50. The number of thiophene rings is 1. The number of aliphatic hydroxyl groups excluding tert-OH is 1. The van der Waals surface area contributed by atoms with E-state index >= 15 is 0 Å². The Labute approximate surface area is 118 Å². The van der Waals surface area contributed by atoms with Crippen LogP contribution in [0.15, 0.2) is 39.0 Å². The lowest BCUT2D eigenvalue weighted by Crippen LogP contribution is -2.14. The third-order valence-electron chi connectivity index (χ3n) is 2.70. The molecule has 1 N–H and O–H groups in total. The van der Waals surface area contributed by atoms with Gasteiger partial charge in [0.25, 0.3) is 0 Å². The molecule has 3 rings (SSSR count). The van der Waals surface area contributed by atoms with Crippen molar-refractivity contribution in [3.05, 3.63) is 50.8 Å². The van der Waals surface area contributed by atoms with Crippen LogP contribution in [0, 0.1) is 11.8 Å². The van der Waals surface area contributed by atoms with Gasteiger partial charge >= 0.3 is 5.76 Å². The van der Waals surface area contributed by atoms with E-state index in [1.807, 2.05) is 11.4 Å². The van der Waals surface area contributed by atoms with Crippen LogP contribution in [0.3, 0.4) is 0 Å². The summed E-state index contributed by atoms with van der Waals surface area (Å²) in [6.45, 7) is 0.231. The van der Waals surface area contributed by atoms with Gasteiger partial charge in [-0.25, -0.2) is 9.78 Å². The zero-order valence-corrected chi connectivity index (χ0v) is 11.2. The maximum atomic E-state index is 11.8. The fourth-order valence-corrected chi connectivity index (χ4v) is 2.67. The molecule has 5 nitrogen and oxygen atoms in total. The van der Waals surface area contributed by atoms with Crippen LogP contribution in [0.4, 0.5) is 0 Å². The summed E-state index contributed by atoms with van der Waals surface area (Å²) in [5, 5.41) is 10.5. The van der Waals surface area contributed by atoms with Crippen LogP contribution < -0.4 is 5.76 Å². The fraction of sp³-hybridized carbons (Fsp3) is 0.143. The Hall–Kier alpha value is -2.36. The molecule has 0 atom stereocenters. The Morgan fingerprint density at radius 2 is 2.40 bits per heavy atom. The van der Waals surface area contributed by atoms with Crippen molar-refractivity contribution < 1.29 is 9.52 Å². The third kappa shape index (κ3) is 2.37. The first kappa shape index (κ1) is 12.7. The molecule has 0 aliphatic heterocycles. The molecule has 0 aliphatic rings. The highest BCUT2D eigenvalue weighted by Crippen LogP contribution is 2.17. The molecule has 0 aliphatic carbocycles. The minimum Gasteiger partial charge on any atom is -0.406 e. The Morgan fingerprint density at radius 1 is 1.50 bits per heavy atom. The van der Waals surface area contributed by atoms with Gasteiger partial charge in [0.15, 0.2) is 11.2 Å². The molecule has 0 saturated carbocycles. The second-order valence-corrected chi connectivity index (χ2v) is 5.04. The molecular weight excluding hydrogens is 276 g/mol. The van der Waals surface area contributed by atoms with Crippen LogP contribution in [0.2, 0.25) is 0 Å². The average Bonchev–Trinajstić information content (AvgIpc) is 3.02. The highest BCUT2D eigenvalue weighted by atomic mass is 32.1. The number of hydrogen-bond acceptors (Lipinski definition) is 5. The van der Waals surface area contributed by atoms with E-state index in [1.165, 1.54) is 15.9 Å². The molecule has 3 aromatic heterocycles. The first-order valence-corrected chi connectivity index (χ1v) is 6.77. The summed E-state index contributed by atoms with van der Waals surface area (Å²) in [4.78, 5) is 17.0. The summed E-state index contributed by atoms with van der Waals surface area (Å²) in [6.07, 6.45) is 1.63. The number of aromatic nitrogens is 2. The minimum atomic E-state index is -0.421. The Kier molecular flexibility index (Phi) is 3.37. The van der Waals surface area contributed by atoms with E-state index in [0.29, 0.717) is 17.8 Å². The van der Waals surface area contributed by atoms with Crippen molar-refractivity contribution in [2.75, 3.05) is 6.61 Å². The number of rotatable bonds is 2. The van der Waals surface area contributed by atoms with Gasteiger partial charge in [0.2, 0.25) is 0 Å². The number of fused-ring (bicyclic) bond motifs is 1. The lowest BCUT2D eigenvalue weighted by Gasteiger charge is -1.97. The van der Waals surface area contributed by atoms with E-state index in [9.17, 15) is 4.79 Å². The van der Waals surface area contributed by atoms with E-state index in [0.717, 1.165) is 10.4 Å². The lowest BCUT2D eigenvalue weighted by molar-refractivity contribution is 0.350. The summed E-state index contributed by atoms with van der Waals surface area (Å²) in [6, 6.07) is 5.33. The van der Waals surface area contributed by atoms with Crippen molar-refractivity contribution >= 4 is 22.6 Å². The molecule has 0 aromatic carbocycles. The van der Waals surface area contributed by atoms with E-state index in [1.54, 1.807) is 18.3 Å². The lowest BCUT2D eigenvalue weighted by atomic mass is 10.3. The molecule has 0 radical (unpaired) electrons. The van der Waals surface area contributed by atoms with Crippen molar-refractivity contribution in [1.29, 1.82) is 0 Å². The van der Waals surface area contributed by atoms with Crippen molar-refractivity contribution in [2.45, 2.75) is 6.54 Å². The van der Waals surface area contributed by atoms with Crippen molar-refractivity contribution in [2.24, 2.45) is 0 Å². The monoisotopic (exact) mass is 286 g/mol. The highest BCUT2D eigenvalue weighted by molar-refractivity contribution is 7.10. The molecule has 6 heteroatoms. The van der Waals surface area contributed by atoms with Gasteiger partial charge in [0.1, 0.15) is 6.61 Å². The van der Waals surface area contributed by atoms with Gasteiger partial charge in [0, 0.05) is 22.0 Å². The highest BCUT2D eigenvalue weighted by Gasteiger charge is 2.11. The Bertz CT molecular complexity index is 864. The predicted molar refractivity (Wildman–Crippen MR) is 75.7 cm³/mol. The zero-order valence-electron chi connectivity index (χ0n) is 10.4. The standard InChI is InChI=1S/C14H10N2O3S/c17-6-2-3-10-7-11(20-9-10)8-16-13-12(19-14(16)18)4-1-5-15-13/h1,4-5,7,9,17H,6,8H2. The Morgan fingerprint density at radius 3 is 3.25 bits per heavy atom. The smallest absolute Gasteiger partial charge is 0.406 e. The van der Waals surface area contributed by atoms with Crippen LogP contribution in [0.1, 0.15) is 10.4 Å². The van der Waals surface area contributed by atoms with Gasteiger partial charge in [-0.3, -0.25) is 4.57 Å². The fourth-order valence-electron chi connectivity index (χ4n) is 1.87. The quantitative estimate of drug-likeness (QED) is 0.724. The topological polar surface area (TPSA) is 68.3 Å². The van der Waals surface area contributed by atoms with Crippen molar-refractivity contribution in [3.8, 4) is 11.8 Å². The van der Waals surface area contributed by atoms with Gasteiger partial charge in [-0.05, 0) is 18.2 Å². The molecule has 3 heterocycles. The Balaban J connectivity index is 1.95. The number of nitrogens with zero attached hydrogens (tertiary/aromatic N) is 2. The van der Waals surface area contributed by atoms with Crippen LogP contribution in [-0.2, 0) is 6.54 Å². The SMILES string of the molecule is O=c1oc2cccnc2n1Cc1cc(C#CCO)cs1. The van der Waals surface area contributed by atoms with Crippen LogP contribution in [0.5, 0.6) is 0 Å². The van der Waals surface area contributed by atoms with Crippen molar-refractivity contribution in [1.82, 2.24) is 9.55 Å². The number of hydrogen-bond donors (Lipinski definition) is 1. The van der Waals surface area contributed by atoms with E-state index < -0.39 is 5.76 Å². The van der Waals surface area contributed by atoms with Crippen LogP contribution in [0.25, 0.3) is 11.2 Å². The van der Waals surface area contributed by atoms with Crippen LogP contribution >= 0.6 is 11.3 Å². The largest absolute Gasteiger partial charge is 0.421 e. The van der Waals surface area contributed by atoms with Crippen molar-refractivity contribution in [3.63, 3.8) is 0 Å². The number of pyridine rings is 1. The van der Waals surface area contributed by atoms with E-state index in [4.69, 9.17) is 9.52 Å². The summed E-state index contributed by atoms with van der Waals surface area (Å²) in [7, 11) is 0. The molecule has 0 saturated heterocycles.